The summed E-state index contributed by atoms with van der Waals surface area (Å²) in [6, 6.07) is 18.2. The topological polar surface area (TPSA) is 83.5 Å². The maximum absolute atomic E-state index is 13.4. The zero-order chi connectivity index (χ0) is 22.4. The van der Waals surface area contributed by atoms with Crippen LogP contribution in [0.3, 0.4) is 0 Å². The predicted molar refractivity (Wildman–Crippen MR) is 117 cm³/mol. The summed E-state index contributed by atoms with van der Waals surface area (Å²) in [4.78, 5) is 10.6. The van der Waals surface area contributed by atoms with Crippen LogP contribution in [0, 0.1) is 5.82 Å². The van der Waals surface area contributed by atoms with Gasteiger partial charge in [0.05, 0.1) is 11.1 Å². The van der Waals surface area contributed by atoms with Crippen LogP contribution in [-0.2, 0) is 21.2 Å². The lowest BCUT2D eigenvalue weighted by Gasteiger charge is -2.21. The van der Waals surface area contributed by atoms with Gasteiger partial charge in [-0.2, -0.15) is 4.72 Å². The number of aliphatic carboxylic acids is 1. The molecule has 162 valence electrons. The third-order valence-corrected chi connectivity index (χ3v) is 6.69. The van der Waals surface area contributed by atoms with E-state index in [1.807, 2.05) is 12.1 Å². The Bertz CT molecular complexity index is 1150. The fourth-order valence-electron chi connectivity index (χ4n) is 3.19. The van der Waals surface area contributed by atoms with E-state index in [0.29, 0.717) is 24.0 Å². The highest BCUT2D eigenvalue weighted by molar-refractivity contribution is 7.89. The number of nitrogens with one attached hydrogen (secondary N) is 1. The van der Waals surface area contributed by atoms with Crippen molar-refractivity contribution < 1.29 is 22.7 Å². The van der Waals surface area contributed by atoms with Crippen molar-refractivity contribution >= 4 is 27.6 Å². The maximum Gasteiger partial charge on any atom is 0.303 e. The van der Waals surface area contributed by atoms with Crippen molar-refractivity contribution in [2.45, 2.75) is 30.2 Å². The fourth-order valence-corrected chi connectivity index (χ4v) is 4.92. The van der Waals surface area contributed by atoms with Gasteiger partial charge in [0.15, 0.2) is 0 Å². The molecule has 0 aliphatic heterocycles. The first-order valence-electron chi connectivity index (χ1n) is 9.59. The van der Waals surface area contributed by atoms with E-state index in [1.54, 1.807) is 24.3 Å². The molecule has 1 unspecified atom stereocenters. The first-order valence-corrected chi connectivity index (χ1v) is 11.5. The lowest BCUT2D eigenvalue weighted by molar-refractivity contribution is -0.137. The normalized spacial score (nSPS) is 12.5. The number of carboxylic acid groups (broad SMARTS) is 1. The number of halogens is 2. The van der Waals surface area contributed by atoms with Crippen LogP contribution in [0.15, 0.2) is 77.7 Å². The Labute approximate surface area is 185 Å². The van der Waals surface area contributed by atoms with Crippen molar-refractivity contribution in [2.75, 3.05) is 0 Å². The van der Waals surface area contributed by atoms with Gasteiger partial charge in [-0.05, 0) is 53.8 Å². The highest BCUT2D eigenvalue weighted by atomic mass is 35.5. The van der Waals surface area contributed by atoms with Crippen LogP contribution in [-0.4, -0.2) is 19.5 Å². The first-order chi connectivity index (χ1) is 14.8. The quantitative estimate of drug-likeness (QED) is 0.472. The summed E-state index contributed by atoms with van der Waals surface area (Å²) >= 11 is 6.09. The lowest BCUT2D eigenvalue weighted by atomic mass is 9.97. The molecule has 0 fully saturated rings. The highest BCUT2D eigenvalue weighted by Gasteiger charge is 2.24. The van der Waals surface area contributed by atoms with Gasteiger partial charge in [0.2, 0.25) is 10.0 Å². The molecule has 31 heavy (non-hydrogen) atoms. The molecule has 1 atom stereocenters. The van der Waals surface area contributed by atoms with Crippen LogP contribution in [0.1, 0.15) is 35.6 Å². The summed E-state index contributed by atoms with van der Waals surface area (Å²) in [5.74, 6) is -1.27. The van der Waals surface area contributed by atoms with Gasteiger partial charge in [0.25, 0.3) is 0 Å². The van der Waals surface area contributed by atoms with Crippen LogP contribution >= 0.6 is 11.6 Å². The van der Waals surface area contributed by atoms with Gasteiger partial charge in [-0.15, -0.1) is 0 Å². The van der Waals surface area contributed by atoms with Crippen LogP contribution in [0.5, 0.6) is 0 Å². The minimum absolute atomic E-state index is 0.0472. The molecule has 0 spiro atoms. The van der Waals surface area contributed by atoms with E-state index >= 15 is 0 Å². The highest BCUT2D eigenvalue weighted by Crippen LogP contribution is 2.28. The summed E-state index contributed by atoms with van der Waals surface area (Å²) in [6.45, 7) is 0. The number of sulfonamides is 1. The molecular formula is C23H21ClFNO4S. The molecule has 0 saturated heterocycles. The van der Waals surface area contributed by atoms with Gasteiger partial charge in [0, 0.05) is 6.42 Å². The molecule has 0 aliphatic rings. The molecule has 5 nitrogen and oxygen atoms in total. The van der Waals surface area contributed by atoms with Gasteiger partial charge >= 0.3 is 5.97 Å². The SMILES string of the molecule is O=C(O)CCCc1ccc(C(NS(=O)(=O)c2ccccc2Cl)c2ccc(F)cc2)cc1. The summed E-state index contributed by atoms with van der Waals surface area (Å²) in [5.41, 5.74) is 2.16. The monoisotopic (exact) mass is 461 g/mol. The molecule has 0 radical (unpaired) electrons. The minimum atomic E-state index is -3.97. The van der Waals surface area contributed by atoms with E-state index in [2.05, 4.69) is 4.72 Å². The number of rotatable bonds is 9. The molecule has 0 aromatic heterocycles. The number of aryl methyl sites for hydroxylation is 1. The van der Waals surface area contributed by atoms with E-state index in [9.17, 15) is 17.6 Å². The predicted octanol–water partition coefficient (Wildman–Crippen LogP) is 4.95. The van der Waals surface area contributed by atoms with Gasteiger partial charge in [-0.1, -0.05) is 60.1 Å². The maximum atomic E-state index is 13.4. The standard InChI is InChI=1S/C23H21ClFNO4S/c24-20-5-1-2-6-21(20)31(29,30)26-23(18-12-14-19(25)15-13-18)17-10-8-16(9-11-17)4-3-7-22(27)28/h1-2,5-6,8-15,23,26H,3-4,7H2,(H,27,28). The van der Waals surface area contributed by atoms with E-state index in [4.69, 9.17) is 16.7 Å². The van der Waals surface area contributed by atoms with Gasteiger partial charge in [-0.3, -0.25) is 4.79 Å². The molecule has 0 saturated carbocycles. The van der Waals surface area contributed by atoms with Crippen molar-refractivity contribution in [2.24, 2.45) is 0 Å². The number of benzene rings is 3. The molecule has 3 rings (SSSR count). The molecule has 8 heteroatoms. The van der Waals surface area contributed by atoms with Gasteiger partial charge in [-0.25, -0.2) is 12.8 Å². The number of carbonyl (C=O) groups is 1. The average molecular weight is 462 g/mol. The molecular weight excluding hydrogens is 441 g/mol. The molecule has 0 aliphatic carbocycles. The number of hydrogen-bond donors (Lipinski definition) is 2. The molecule has 0 amide bonds. The summed E-state index contributed by atoms with van der Waals surface area (Å²) < 4.78 is 42.2. The third-order valence-electron chi connectivity index (χ3n) is 4.77. The van der Waals surface area contributed by atoms with Gasteiger partial charge < -0.3 is 5.11 Å². The first kappa shape index (κ1) is 22.9. The lowest BCUT2D eigenvalue weighted by Crippen LogP contribution is -2.29. The summed E-state index contributed by atoms with van der Waals surface area (Å²) in [6.07, 6.45) is 1.19. The Morgan fingerprint density at radius 2 is 1.55 bits per heavy atom. The number of hydrogen-bond acceptors (Lipinski definition) is 3. The Balaban J connectivity index is 1.91. The average Bonchev–Trinajstić information content (AvgIpc) is 2.73. The van der Waals surface area contributed by atoms with E-state index in [1.165, 1.54) is 36.4 Å². The zero-order valence-corrected chi connectivity index (χ0v) is 18.0. The Hall–Kier alpha value is -2.74. The Morgan fingerprint density at radius 3 is 2.13 bits per heavy atom. The fraction of sp³-hybridized carbons (Fsp3) is 0.174. The van der Waals surface area contributed by atoms with Crippen LogP contribution in [0.25, 0.3) is 0 Å². The van der Waals surface area contributed by atoms with E-state index < -0.39 is 27.9 Å². The molecule has 3 aromatic rings. The van der Waals surface area contributed by atoms with Gasteiger partial charge in [0.1, 0.15) is 10.7 Å². The van der Waals surface area contributed by atoms with Crippen molar-refractivity contribution in [1.29, 1.82) is 0 Å². The minimum Gasteiger partial charge on any atom is -0.481 e. The van der Waals surface area contributed by atoms with Crippen molar-refractivity contribution in [3.8, 4) is 0 Å². The Kier molecular flexibility index (Phi) is 7.43. The largest absolute Gasteiger partial charge is 0.481 e. The second-order valence-electron chi connectivity index (χ2n) is 7.03. The van der Waals surface area contributed by atoms with E-state index in [-0.39, 0.29) is 16.3 Å². The molecule has 2 N–H and O–H groups in total. The second kappa shape index (κ2) is 10.0. The molecule has 0 bridgehead atoms. The summed E-state index contributed by atoms with van der Waals surface area (Å²) in [5, 5.41) is 8.87. The van der Waals surface area contributed by atoms with Crippen LogP contribution in [0.2, 0.25) is 5.02 Å². The summed E-state index contributed by atoms with van der Waals surface area (Å²) in [7, 11) is -3.97. The zero-order valence-electron chi connectivity index (χ0n) is 16.5. The Morgan fingerprint density at radius 1 is 0.968 bits per heavy atom. The molecule has 3 aromatic carbocycles. The third kappa shape index (κ3) is 6.13. The van der Waals surface area contributed by atoms with Crippen LogP contribution < -0.4 is 4.72 Å². The van der Waals surface area contributed by atoms with Crippen molar-refractivity contribution in [3.05, 3.63) is 100 Å². The van der Waals surface area contributed by atoms with E-state index in [0.717, 1.165) is 5.56 Å². The van der Waals surface area contributed by atoms with Crippen molar-refractivity contribution in [3.63, 3.8) is 0 Å². The smallest absolute Gasteiger partial charge is 0.303 e. The van der Waals surface area contributed by atoms with Crippen molar-refractivity contribution in [1.82, 2.24) is 4.72 Å². The van der Waals surface area contributed by atoms with Crippen LogP contribution in [0.4, 0.5) is 4.39 Å². The number of carboxylic acids is 1. The molecule has 0 heterocycles. The second-order valence-corrected chi connectivity index (χ2v) is 9.11.